The van der Waals surface area contributed by atoms with E-state index < -0.39 is 0 Å². The lowest BCUT2D eigenvalue weighted by Crippen LogP contribution is -2.35. The van der Waals surface area contributed by atoms with Crippen molar-refractivity contribution in [2.45, 2.75) is 31.8 Å². The summed E-state index contributed by atoms with van der Waals surface area (Å²) in [5, 5.41) is 8.53. The molecule has 2 heterocycles. The second kappa shape index (κ2) is 5.91. The van der Waals surface area contributed by atoms with Crippen LogP contribution < -0.4 is 0 Å². The molecule has 4 rings (SSSR count). The SMILES string of the molecule is C[C@@H](c1ccccc1Cl)N(C(=O)c1ccc2nncn2c1)C1CC1. The van der Waals surface area contributed by atoms with Gasteiger partial charge in [0.2, 0.25) is 0 Å². The summed E-state index contributed by atoms with van der Waals surface area (Å²) in [5.41, 5.74) is 2.33. The average molecular weight is 341 g/mol. The summed E-state index contributed by atoms with van der Waals surface area (Å²) in [5.74, 6) is 0.0144. The third-order valence-corrected chi connectivity index (χ3v) is 4.83. The topological polar surface area (TPSA) is 50.5 Å². The number of fused-ring (bicyclic) bond motifs is 1. The van der Waals surface area contributed by atoms with Crippen molar-refractivity contribution in [1.29, 1.82) is 0 Å². The van der Waals surface area contributed by atoms with E-state index in [1.807, 2.05) is 42.2 Å². The van der Waals surface area contributed by atoms with Crippen molar-refractivity contribution in [2.24, 2.45) is 0 Å². The fourth-order valence-corrected chi connectivity index (χ4v) is 3.37. The number of amides is 1. The van der Waals surface area contributed by atoms with Gasteiger partial charge in [-0.2, -0.15) is 0 Å². The number of benzene rings is 1. The molecule has 1 aromatic carbocycles. The number of rotatable bonds is 4. The fraction of sp³-hybridized carbons (Fsp3) is 0.278. The van der Waals surface area contributed by atoms with E-state index in [4.69, 9.17) is 11.6 Å². The summed E-state index contributed by atoms with van der Waals surface area (Å²) < 4.78 is 1.76. The van der Waals surface area contributed by atoms with Crippen molar-refractivity contribution in [1.82, 2.24) is 19.5 Å². The second-order valence-corrected chi connectivity index (χ2v) is 6.56. The summed E-state index contributed by atoms with van der Waals surface area (Å²) in [6, 6.07) is 11.5. The van der Waals surface area contributed by atoms with Gasteiger partial charge in [-0.05, 0) is 43.5 Å². The third-order valence-electron chi connectivity index (χ3n) is 4.49. The molecule has 2 aromatic heterocycles. The van der Waals surface area contributed by atoms with Crippen LogP contribution in [0, 0.1) is 0 Å². The molecule has 6 heteroatoms. The zero-order chi connectivity index (χ0) is 16.7. The van der Waals surface area contributed by atoms with Crippen molar-refractivity contribution in [2.75, 3.05) is 0 Å². The van der Waals surface area contributed by atoms with Gasteiger partial charge in [-0.25, -0.2) is 0 Å². The lowest BCUT2D eigenvalue weighted by Gasteiger charge is -2.30. The fourth-order valence-electron chi connectivity index (χ4n) is 3.08. The number of aromatic nitrogens is 3. The predicted octanol–water partition coefficient (Wildman–Crippen LogP) is 3.75. The summed E-state index contributed by atoms with van der Waals surface area (Å²) in [6.07, 6.45) is 5.46. The number of halogens is 1. The zero-order valence-electron chi connectivity index (χ0n) is 13.3. The highest BCUT2D eigenvalue weighted by molar-refractivity contribution is 6.31. The molecule has 5 nitrogen and oxygen atoms in total. The normalized spacial score (nSPS) is 15.4. The smallest absolute Gasteiger partial charge is 0.256 e. The zero-order valence-corrected chi connectivity index (χ0v) is 14.0. The highest BCUT2D eigenvalue weighted by atomic mass is 35.5. The van der Waals surface area contributed by atoms with Crippen molar-refractivity contribution in [3.8, 4) is 0 Å². The van der Waals surface area contributed by atoms with E-state index >= 15 is 0 Å². The Morgan fingerprint density at radius 3 is 2.83 bits per heavy atom. The Kier molecular flexibility index (Phi) is 3.73. The van der Waals surface area contributed by atoms with Gasteiger partial charge in [0.1, 0.15) is 6.33 Å². The molecule has 0 bridgehead atoms. The molecular weight excluding hydrogens is 324 g/mol. The van der Waals surface area contributed by atoms with Gasteiger partial charge < -0.3 is 4.90 Å². The van der Waals surface area contributed by atoms with Crippen LogP contribution in [0.3, 0.4) is 0 Å². The van der Waals surface area contributed by atoms with Crippen molar-refractivity contribution in [3.63, 3.8) is 0 Å². The number of carbonyl (C=O) groups is 1. The Bertz CT molecular complexity index is 903. The molecule has 122 valence electrons. The summed E-state index contributed by atoms with van der Waals surface area (Å²) in [6.45, 7) is 2.04. The molecular formula is C18H17ClN4O. The molecule has 1 aliphatic rings. The van der Waals surface area contributed by atoms with E-state index in [0.29, 0.717) is 10.6 Å². The van der Waals surface area contributed by atoms with Crippen LogP contribution in [0.5, 0.6) is 0 Å². The monoisotopic (exact) mass is 340 g/mol. The van der Waals surface area contributed by atoms with Crippen molar-refractivity contribution < 1.29 is 4.79 Å². The molecule has 1 saturated carbocycles. The molecule has 3 aromatic rings. The van der Waals surface area contributed by atoms with Crippen LogP contribution in [0.15, 0.2) is 48.9 Å². The summed E-state index contributed by atoms with van der Waals surface area (Å²) in [4.78, 5) is 15.1. The van der Waals surface area contributed by atoms with Crippen molar-refractivity contribution >= 4 is 23.2 Å². The van der Waals surface area contributed by atoms with E-state index in [1.165, 1.54) is 0 Å². The van der Waals surface area contributed by atoms with Gasteiger partial charge in [-0.15, -0.1) is 10.2 Å². The molecule has 0 unspecified atom stereocenters. The Balaban J connectivity index is 1.69. The molecule has 1 aliphatic carbocycles. The lowest BCUT2D eigenvalue weighted by atomic mass is 10.1. The molecule has 0 N–H and O–H groups in total. The van der Waals surface area contributed by atoms with Crippen LogP contribution in [0.1, 0.15) is 41.7 Å². The first-order valence-electron chi connectivity index (χ1n) is 8.01. The van der Waals surface area contributed by atoms with Crippen LogP contribution in [0.2, 0.25) is 5.02 Å². The van der Waals surface area contributed by atoms with E-state index in [9.17, 15) is 4.79 Å². The molecule has 1 atom stereocenters. The highest BCUT2D eigenvalue weighted by Crippen LogP contribution is 2.37. The Morgan fingerprint density at radius 2 is 2.08 bits per heavy atom. The van der Waals surface area contributed by atoms with E-state index in [-0.39, 0.29) is 18.0 Å². The Morgan fingerprint density at radius 1 is 1.29 bits per heavy atom. The number of nitrogens with zero attached hydrogens (tertiary/aromatic N) is 4. The van der Waals surface area contributed by atoms with Crippen LogP contribution in [0.25, 0.3) is 5.65 Å². The van der Waals surface area contributed by atoms with Crippen LogP contribution in [0.4, 0.5) is 0 Å². The molecule has 1 fully saturated rings. The van der Waals surface area contributed by atoms with Gasteiger partial charge in [0, 0.05) is 17.3 Å². The Labute approximate surface area is 144 Å². The van der Waals surface area contributed by atoms with E-state index in [0.717, 1.165) is 24.1 Å². The van der Waals surface area contributed by atoms with Gasteiger partial charge in [-0.1, -0.05) is 29.8 Å². The minimum absolute atomic E-state index is 0.0144. The first-order valence-corrected chi connectivity index (χ1v) is 8.39. The number of hydrogen-bond donors (Lipinski definition) is 0. The van der Waals surface area contributed by atoms with Gasteiger partial charge in [0.25, 0.3) is 5.91 Å². The molecule has 0 saturated heterocycles. The van der Waals surface area contributed by atoms with Crippen LogP contribution in [-0.4, -0.2) is 31.4 Å². The molecule has 1 amide bonds. The number of pyridine rings is 1. The largest absolute Gasteiger partial charge is 0.329 e. The lowest BCUT2D eigenvalue weighted by molar-refractivity contribution is 0.0673. The maximum Gasteiger partial charge on any atom is 0.256 e. The maximum atomic E-state index is 13.1. The minimum atomic E-state index is -0.0738. The van der Waals surface area contributed by atoms with Gasteiger partial charge in [0.15, 0.2) is 5.65 Å². The third kappa shape index (κ3) is 2.65. The molecule has 0 aliphatic heterocycles. The van der Waals surface area contributed by atoms with Gasteiger partial charge in [0.05, 0.1) is 11.6 Å². The predicted molar refractivity (Wildman–Crippen MR) is 92.0 cm³/mol. The molecule has 0 radical (unpaired) electrons. The Hall–Kier alpha value is -2.40. The number of hydrogen-bond acceptors (Lipinski definition) is 3. The standard InChI is InChI=1S/C18H17ClN4O/c1-12(15-4-2-3-5-16(15)19)23(14-7-8-14)18(24)13-6-9-17-21-20-11-22(17)10-13/h2-6,9-12,14H,7-8H2,1H3/t12-/m0/s1. The first-order chi connectivity index (χ1) is 11.6. The summed E-state index contributed by atoms with van der Waals surface area (Å²) in [7, 11) is 0. The van der Waals surface area contributed by atoms with Crippen molar-refractivity contribution in [3.05, 3.63) is 65.1 Å². The summed E-state index contributed by atoms with van der Waals surface area (Å²) >= 11 is 6.34. The second-order valence-electron chi connectivity index (χ2n) is 6.16. The van der Waals surface area contributed by atoms with E-state index in [1.54, 1.807) is 23.0 Å². The highest BCUT2D eigenvalue weighted by Gasteiger charge is 2.37. The first kappa shape index (κ1) is 15.1. The average Bonchev–Trinajstić information content (AvgIpc) is 3.30. The number of carbonyl (C=O) groups excluding carboxylic acids is 1. The van der Waals surface area contributed by atoms with Gasteiger partial charge in [-0.3, -0.25) is 9.20 Å². The maximum absolute atomic E-state index is 13.1. The molecule has 24 heavy (non-hydrogen) atoms. The van der Waals surface area contributed by atoms with E-state index in [2.05, 4.69) is 10.2 Å². The minimum Gasteiger partial charge on any atom is -0.329 e. The van der Waals surface area contributed by atoms with Crippen LogP contribution in [-0.2, 0) is 0 Å². The van der Waals surface area contributed by atoms with Crippen LogP contribution >= 0.6 is 11.6 Å². The van der Waals surface area contributed by atoms with Gasteiger partial charge >= 0.3 is 0 Å². The quantitative estimate of drug-likeness (QED) is 0.726. The molecule has 0 spiro atoms.